The quantitative estimate of drug-likeness (QED) is 0.825. The third-order valence-corrected chi connectivity index (χ3v) is 3.59. The molecule has 1 heterocycles. The number of nitrogens with zero attached hydrogens (tertiary/aromatic N) is 3. The van der Waals surface area contributed by atoms with E-state index < -0.39 is 0 Å². The summed E-state index contributed by atoms with van der Waals surface area (Å²) in [6.07, 6.45) is 2.66. The summed E-state index contributed by atoms with van der Waals surface area (Å²) in [5.41, 5.74) is 0.272. The lowest BCUT2D eigenvalue weighted by Gasteiger charge is -2.31. The average Bonchev–Trinajstić information content (AvgIpc) is 2.73. The molecule has 0 fully saturated rings. The summed E-state index contributed by atoms with van der Waals surface area (Å²) in [5.74, 6) is 2.37. The number of aromatic nitrogens is 3. The summed E-state index contributed by atoms with van der Waals surface area (Å²) in [7, 11) is 0. The Balaban J connectivity index is 2.65. The van der Waals surface area contributed by atoms with Crippen LogP contribution >= 0.6 is 0 Å². The van der Waals surface area contributed by atoms with Crippen LogP contribution in [0.4, 0.5) is 0 Å². The molecule has 1 aromatic rings. The summed E-state index contributed by atoms with van der Waals surface area (Å²) in [5, 5.41) is 7.85. The maximum atomic E-state index is 4.41. The molecule has 0 aliphatic carbocycles. The Morgan fingerprint density at radius 2 is 1.95 bits per heavy atom. The van der Waals surface area contributed by atoms with Gasteiger partial charge in [0.15, 0.2) is 0 Å². The summed E-state index contributed by atoms with van der Waals surface area (Å²) in [6, 6.07) is 0. The maximum absolute atomic E-state index is 4.41. The van der Waals surface area contributed by atoms with Gasteiger partial charge in [0.1, 0.15) is 12.2 Å². The van der Waals surface area contributed by atoms with E-state index in [1.165, 1.54) is 0 Å². The van der Waals surface area contributed by atoms with E-state index in [0.29, 0.717) is 11.8 Å². The molecule has 4 nitrogen and oxygen atoms in total. The summed E-state index contributed by atoms with van der Waals surface area (Å²) in [6.45, 7) is 16.5. The topological polar surface area (TPSA) is 42.7 Å². The Morgan fingerprint density at radius 1 is 1.26 bits per heavy atom. The fourth-order valence-corrected chi connectivity index (χ4v) is 2.16. The van der Waals surface area contributed by atoms with E-state index in [4.69, 9.17) is 0 Å². The smallest absolute Gasteiger partial charge is 0.138 e. The van der Waals surface area contributed by atoms with Gasteiger partial charge in [-0.15, -0.1) is 0 Å². The number of hydrogen-bond acceptors (Lipinski definition) is 3. The van der Waals surface area contributed by atoms with Crippen LogP contribution in [0.15, 0.2) is 6.33 Å². The fraction of sp³-hybridized carbons (Fsp3) is 0.867. The van der Waals surface area contributed by atoms with E-state index in [1.807, 2.05) is 4.68 Å². The van der Waals surface area contributed by atoms with Crippen molar-refractivity contribution < 1.29 is 0 Å². The molecule has 0 spiro atoms. The van der Waals surface area contributed by atoms with Crippen LogP contribution in [0.5, 0.6) is 0 Å². The molecule has 0 saturated heterocycles. The number of rotatable bonds is 7. The van der Waals surface area contributed by atoms with E-state index >= 15 is 0 Å². The first kappa shape index (κ1) is 16.2. The lowest BCUT2D eigenvalue weighted by molar-refractivity contribution is 0.223. The summed E-state index contributed by atoms with van der Waals surface area (Å²) < 4.78 is 2.00. The van der Waals surface area contributed by atoms with Gasteiger partial charge in [-0.05, 0) is 37.3 Å². The first-order chi connectivity index (χ1) is 8.84. The third-order valence-electron chi connectivity index (χ3n) is 3.59. The van der Waals surface area contributed by atoms with Gasteiger partial charge in [0, 0.05) is 13.0 Å². The van der Waals surface area contributed by atoms with Crippen molar-refractivity contribution >= 4 is 0 Å². The fourth-order valence-electron chi connectivity index (χ4n) is 2.16. The SMILES string of the molecule is CCn1ncnc1CC(CNCC(C)C)C(C)(C)C. The van der Waals surface area contributed by atoms with Gasteiger partial charge in [-0.1, -0.05) is 34.6 Å². The van der Waals surface area contributed by atoms with Crippen molar-refractivity contribution in [2.45, 2.75) is 54.5 Å². The molecule has 0 aliphatic rings. The second kappa shape index (κ2) is 7.04. The molecule has 4 heteroatoms. The van der Waals surface area contributed by atoms with Crippen LogP contribution in [0, 0.1) is 17.3 Å². The molecule has 0 aromatic carbocycles. The lowest BCUT2D eigenvalue weighted by Crippen LogP contribution is -2.35. The highest BCUT2D eigenvalue weighted by Gasteiger charge is 2.26. The standard InChI is InChI=1S/C15H30N4/c1-7-19-14(17-11-18-19)8-13(15(4,5)6)10-16-9-12(2)3/h11-13,16H,7-10H2,1-6H3. The summed E-state index contributed by atoms with van der Waals surface area (Å²) in [4.78, 5) is 4.41. The van der Waals surface area contributed by atoms with Gasteiger partial charge in [-0.3, -0.25) is 4.68 Å². The molecular weight excluding hydrogens is 236 g/mol. The van der Waals surface area contributed by atoms with Crippen molar-refractivity contribution in [3.05, 3.63) is 12.2 Å². The minimum Gasteiger partial charge on any atom is -0.316 e. The Bertz CT molecular complexity index is 362. The minimum atomic E-state index is 0.272. The molecule has 1 unspecified atom stereocenters. The van der Waals surface area contributed by atoms with Crippen LogP contribution in [-0.4, -0.2) is 27.9 Å². The molecule has 0 amide bonds. The second-order valence-electron chi connectivity index (χ2n) is 6.81. The highest BCUT2D eigenvalue weighted by atomic mass is 15.3. The van der Waals surface area contributed by atoms with Crippen LogP contribution < -0.4 is 5.32 Å². The minimum absolute atomic E-state index is 0.272. The normalized spacial score (nSPS) is 14.1. The molecular formula is C15H30N4. The predicted molar refractivity (Wildman–Crippen MR) is 80.1 cm³/mol. The van der Waals surface area contributed by atoms with Gasteiger partial charge in [0.2, 0.25) is 0 Å². The number of hydrogen-bond donors (Lipinski definition) is 1. The van der Waals surface area contributed by atoms with Crippen molar-refractivity contribution in [2.24, 2.45) is 17.3 Å². The molecule has 0 aliphatic heterocycles. The molecule has 19 heavy (non-hydrogen) atoms. The first-order valence-corrected chi connectivity index (χ1v) is 7.42. The molecule has 0 saturated carbocycles. The van der Waals surface area contributed by atoms with E-state index in [2.05, 4.69) is 56.9 Å². The number of aryl methyl sites for hydroxylation is 1. The maximum Gasteiger partial charge on any atom is 0.138 e. The van der Waals surface area contributed by atoms with Gasteiger partial charge >= 0.3 is 0 Å². The van der Waals surface area contributed by atoms with Gasteiger partial charge < -0.3 is 5.32 Å². The van der Waals surface area contributed by atoms with E-state index in [0.717, 1.165) is 31.9 Å². The first-order valence-electron chi connectivity index (χ1n) is 7.42. The van der Waals surface area contributed by atoms with Crippen molar-refractivity contribution in [2.75, 3.05) is 13.1 Å². The Kier molecular flexibility index (Phi) is 5.98. The zero-order valence-corrected chi connectivity index (χ0v) is 13.4. The van der Waals surface area contributed by atoms with Gasteiger partial charge in [0.25, 0.3) is 0 Å². The molecule has 0 radical (unpaired) electrons. The Labute approximate surface area is 118 Å². The Hall–Kier alpha value is -0.900. The van der Waals surface area contributed by atoms with Crippen molar-refractivity contribution in [1.29, 1.82) is 0 Å². The van der Waals surface area contributed by atoms with E-state index in [-0.39, 0.29) is 5.41 Å². The molecule has 110 valence electrons. The van der Waals surface area contributed by atoms with Crippen LogP contribution in [0.1, 0.15) is 47.4 Å². The van der Waals surface area contributed by atoms with Gasteiger partial charge in [-0.25, -0.2) is 4.98 Å². The van der Waals surface area contributed by atoms with E-state index in [1.54, 1.807) is 6.33 Å². The second-order valence-corrected chi connectivity index (χ2v) is 6.81. The number of nitrogens with one attached hydrogen (secondary N) is 1. The summed E-state index contributed by atoms with van der Waals surface area (Å²) >= 11 is 0. The highest BCUT2D eigenvalue weighted by Crippen LogP contribution is 2.28. The molecule has 1 rings (SSSR count). The van der Waals surface area contributed by atoms with E-state index in [9.17, 15) is 0 Å². The van der Waals surface area contributed by atoms with Crippen LogP contribution in [0.3, 0.4) is 0 Å². The zero-order valence-electron chi connectivity index (χ0n) is 13.4. The zero-order chi connectivity index (χ0) is 14.5. The third kappa shape index (κ3) is 5.31. The molecule has 1 aromatic heterocycles. The van der Waals surface area contributed by atoms with Crippen LogP contribution in [0.25, 0.3) is 0 Å². The Morgan fingerprint density at radius 3 is 2.47 bits per heavy atom. The largest absolute Gasteiger partial charge is 0.316 e. The highest BCUT2D eigenvalue weighted by molar-refractivity contribution is 4.91. The molecule has 1 N–H and O–H groups in total. The van der Waals surface area contributed by atoms with Crippen molar-refractivity contribution in [1.82, 2.24) is 20.1 Å². The van der Waals surface area contributed by atoms with Crippen LogP contribution in [0.2, 0.25) is 0 Å². The van der Waals surface area contributed by atoms with Crippen molar-refractivity contribution in [3.8, 4) is 0 Å². The van der Waals surface area contributed by atoms with Gasteiger partial charge in [-0.2, -0.15) is 5.10 Å². The van der Waals surface area contributed by atoms with Crippen LogP contribution in [-0.2, 0) is 13.0 Å². The van der Waals surface area contributed by atoms with Crippen molar-refractivity contribution in [3.63, 3.8) is 0 Å². The van der Waals surface area contributed by atoms with Gasteiger partial charge in [0.05, 0.1) is 0 Å². The molecule has 1 atom stereocenters. The monoisotopic (exact) mass is 266 g/mol. The predicted octanol–water partition coefficient (Wildman–Crippen LogP) is 2.75. The average molecular weight is 266 g/mol. The lowest BCUT2D eigenvalue weighted by atomic mass is 9.78. The molecule has 0 bridgehead atoms.